The molecule has 21 heavy (non-hydrogen) atoms. The molecule has 0 aliphatic heterocycles. The second kappa shape index (κ2) is 5.92. The number of imidazole rings is 1. The number of rotatable bonds is 4. The molecule has 0 spiro atoms. The van der Waals surface area contributed by atoms with Gasteiger partial charge < -0.3 is 10.3 Å². The molecule has 2 N–H and O–H groups in total. The van der Waals surface area contributed by atoms with E-state index in [0.29, 0.717) is 5.92 Å². The van der Waals surface area contributed by atoms with Gasteiger partial charge in [0.1, 0.15) is 17.3 Å². The molecule has 0 unspecified atom stereocenters. The number of hydrogen-bond acceptors (Lipinski definition) is 2. The van der Waals surface area contributed by atoms with E-state index in [4.69, 9.17) is 10.7 Å². The lowest BCUT2D eigenvalue weighted by Gasteiger charge is -2.12. The van der Waals surface area contributed by atoms with Crippen molar-refractivity contribution < 1.29 is 0 Å². The second-order valence-corrected chi connectivity index (χ2v) is 6.37. The number of aryl methyl sites for hydroxylation is 4. The summed E-state index contributed by atoms with van der Waals surface area (Å²) in [6.45, 7) is 13.9. The Balaban J connectivity index is 2.60. The lowest BCUT2D eigenvalue weighted by atomic mass is 9.99. The van der Waals surface area contributed by atoms with Crippen molar-refractivity contribution in [3.63, 3.8) is 0 Å². The molecule has 0 amide bonds. The molecular weight excluding hydrogens is 258 g/mol. The Morgan fingerprint density at radius 2 is 1.71 bits per heavy atom. The summed E-state index contributed by atoms with van der Waals surface area (Å²) >= 11 is 0. The van der Waals surface area contributed by atoms with E-state index in [1.54, 1.807) is 0 Å². The van der Waals surface area contributed by atoms with Crippen LogP contribution in [0.15, 0.2) is 12.1 Å². The standard InChI is InChI=1S/C18H27N3/c1-7-16-20-17(18(19)21(16)10-11(2)3)15-9-13(5)12(4)8-14(15)6/h8-9,11H,7,10,19H2,1-6H3. The van der Waals surface area contributed by atoms with E-state index in [1.165, 1.54) is 16.7 Å². The summed E-state index contributed by atoms with van der Waals surface area (Å²) in [7, 11) is 0. The van der Waals surface area contributed by atoms with Crippen LogP contribution in [-0.2, 0) is 13.0 Å². The zero-order valence-corrected chi connectivity index (χ0v) is 14.1. The Morgan fingerprint density at radius 1 is 1.10 bits per heavy atom. The first-order valence-electron chi connectivity index (χ1n) is 7.78. The monoisotopic (exact) mass is 285 g/mol. The SMILES string of the molecule is CCc1nc(-c2cc(C)c(C)cc2C)c(N)n1CC(C)C. The highest BCUT2D eigenvalue weighted by atomic mass is 15.1. The van der Waals surface area contributed by atoms with Crippen LogP contribution in [0.4, 0.5) is 5.82 Å². The van der Waals surface area contributed by atoms with Crippen molar-refractivity contribution in [3.8, 4) is 11.3 Å². The number of nitrogen functional groups attached to an aromatic ring is 1. The summed E-state index contributed by atoms with van der Waals surface area (Å²) < 4.78 is 2.18. The second-order valence-electron chi connectivity index (χ2n) is 6.37. The van der Waals surface area contributed by atoms with Crippen molar-refractivity contribution in [2.75, 3.05) is 5.73 Å². The summed E-state index contributed by atoms with van der Waals surface area (Å²) in [5.74, 6) is 2.43. The largest absolute Gasteiger partial charge is 0.383 e. The van der Waals surface area contributed by atoms with Crippen LogP contribution < -0.4 is 5.73 Å². The van der Waals surface area contributed by atoms with Gasteiger partial charge in [0.05, 0.1) is 0 Å². The zero-order valence-electron chi connectivity index (χ0n) is 14.1. The smallest absolute Gasteiger partial charge is 0.131 e. The van der Waals surface area contributed by atoms with Crippen LogP contribution in [0.1, 0.15) is 43.3 Å². The molecule has 3 nitrogen and oxygen atoms in total. The van der Waals surface area contributed by atoms with Gasteiger partial charge in [-0.2, -0.15) is 0 Å². The number of benzene rings is 1. The summed E-state index contributed by atoms with van der Waals surface area (Å²) in [5.41, 5.74) is 12.3. The third-order valence-electron chi connectivity index (χ3n) is 4.05. The number of nitrogens with two attached hydrogens (primary N) is 1. The summed E-state index contributed by atoms with van der Waals surface area (Å²) in [6.07, 6.45) is 0.904. The van der Waals surface area contributed by atoms with Crippen LogP contribution in [0.5, 0.6) is 0 Å². The van der Waals surface area contributed by atoms with Crippen molar-refractivity contribution in [2.45, 2.75) is 54.5 Å². The fourth-order valence-electron chi connectivity index (χ4n) is 2.77. The average Bonchev–Trinajstić information content (AvgIpc) is 2.71. The van der Waals surface area contributed by atoms with Crippen LogP contribution in [0.2, 0.25) is 0 Å². The van der Waals surface area contributed by atoms with E-state index < -0.39 is 0 Å². The molecule has 0 fully saturated rings. The Morgan fingerprint density at radius 3 is 2.29 bits per heavy atom. The van der Waals surface area contributed by atoms with Crippen LogP contribution >= 0.6 is 0 Å². The van der Waals surface area contributed by atoms with E-state index in [2.05, 4.69) is 58.2 Å². The minimum atomic E-state index is 0.556. The Bertz CT molecular complexity index is 651. The predicted octanol–water partition coefficient (Wildman–Crippen LogP) is 4.28. The van der Waals surface area contributed by atoms with Gasteiger partial charge in [0.15, 0.2) is 0 Å². The number of anilines is 1. The van der Waals surface area contributed by atoms with Gasteiger partial charge >= 0.3 is 0 Å². The highest BCUT2D eigenvalue weighted by Gasteiger charge is 2.17. The predicted molar refractivity (Wildman–Crippen MR) is 90.5 cm³/mol. The lowest BCUT2D eigenvalue weighted by Crippen LogP contribution is -2.11. The van der Waals surface area contributed by atoms with Gasteiger partial charge in [0.25, 0.3) is 0 Å². The van der Waals surface area contributed by atoms with E-state index in [1.807, 2.05) is 0 Å². The van der Waals surface area contributed by atoms with Gasteiger partial charge in [-0.25, -0.2) is 4.98 Å². The first-order valence-corrected chi connectivity index (χ1v) is 7.78. The fraction of sp³-hybridized carbons (Fsp3) is 0.500. The normalized spacial score (nSPS) is 11.4. The Kier molecular flexibility index (Phi) is 4.40. The maximum atomic E-state index is 6.42. The molecule has 3 heteroatoms. The van der Waals surface area contributed by atoms with E-state index >= 15 is 0 Å². The van der Waals surface area contributed by atoms with Gasteiger partial charge in [0, 0.05) is 18.5 Å². The van der Waals surface area contributed by atoms with Gasteiger partial charge in [-0.15, -0.1) is 0 Å². The molecule has 0 saturated carbocycles. The van der Waals surface area contributed by atoms with E-state index in [-0.39, 0.29) is 0 Å². The van der Waals surface area contributed by atoms with Crippen molar-refractivity contribution >= 4 is 5.82 Å². The van der Waals surface area contributed by atoms with E-state index in [9.17, 15) is 0 Å². The molecule has 2 aromatic rings. The maximum Gasteiger partial charge on any atom is 0.131 e. The molecule has 0 saturated heterocycles. The lowest BCUT2D eigenvalue weighted by molar-refractivity contribution is 0.513. The van der Waals surface area contributed by atoms with Gasteiger partial charge in [-0.1, -0.05) is 26.8 Å². The van der Waals surface area contributed by atoms with Crippen LogP contribution in [-0.4, -0.2) is 9.55 Å². The molecular formula is C18H27N3. The van der Waals surface area contributed by atoms with Gasteiger partial charge in [-0.3, -0.25) is 0 Å². The zero-order chi connectivity index (χ0) is 15.7. The highest BCUT2D eigenvalue weighted by molar-refractivity contribution is 5.74. The van der Waals surface area contributed by atoms with Crippen LogP contribution in [0.3, 0.4) is 0 Å². The molecule has 0 aliphatic rings. The number of nitrogens with zero attached hydrogens (tertiary/aromatic N) is 2. The Labute approximate surface area is 128 Å². The summed E-state index contributed by atoms with van der Waals surface area (Å²) in [4.78, 5) is 4.82. The minimum Gasteiger partial charge on any atom is -0.383 e. The molecule has 0 bridgehead atoms. The van der Waals surface area contributed by atoms with Crippen molar-refractivity contribution in [1.29, 1.82) is 0 Å². The average molecular weight is 285 g/mol. The molecule has 2 rings (SSSR count). The number of aromatic nitrogens is 2. The topological polar surface area (TPSA) is 43.8 Å². The molecule has 1 aromatic heterocycles. The minimum absolute atomic E-state index is 0.556. The van der Waals surface area contributed by atoms with Crippen molar-refractivity contribution in [2.24, 2.45) is 5.92 Å². The highest BCUT2D eigenvalue weighted by Crippen LogP contribution is 2.31. The van der Waals surface area contributed by atoms with Crippen molar-refractivity contribution in [3.05, 3.63) is 34.6 Å². The third-order valence-corrected chi connectivity index (χ3v) is 4.05. The van der Waals surface area contributed by atoms with Crippen LogP contribution in [0.25, 0.3) is 11.3 Å². The maximum absolute atomic E-state index is 6.42. The molecule has 0 aliphatic carbocycles. The third kappa shape index (κ3) is 2.97. The van der Waals surface area contributed by atoms with Gasteiger partial charge in [0.2, 0.25) is 0 Å². The molecule has 0 radical (unpaired) electrons. The summed E-state index contributed by atoms with van der Waals surface area (Å²) in [6, 6.07) is 4.43. The first-order chi connectivity index (χ1) is 9.85. The van der Waals surface area contributed by atoms with Crippen LogP contribution in [0, 0.1) is 26.7 Å². The fourth-order valence-corrected chi connectivity index (χ4v) is 2.77. The quantitative estimate of drug-likeness (QED) is 0.911. The first kappa shape index (κ1) is 15.6. The summed E-state index contributed by atoms with van der Waals surface area (Å²) in [5, 5.41) is 0. The molecule has 0 atom stereocenters. The number of hydrogen-bond donors (Lipinski definition) is 1. The molecule has 1 aromatic carbocycles. The van der Waals surface area contributed by atoms with E-state index in [0.717, 1.165) is 35.9 Å². The van der Waals surface area contributed by atoms with Gasteiger partial charge in [-0.05, 0) is 49.4 Å². The molecule has 114 valence electrons. The van der Waals surface area contributed by atoms with Crippen molar-refractivity contribution in [1.82, 2.24) is 9.55 Å². The Hall–Kier alpha value is -1.77. The molecule has 1 heterocycles.